The maximum atomic E-state index is 3.25. The maximum absolute atomic E-state index is 3.25. The number of hydrogen-bond donors (Lipinski definition) is 0. The third-order valence-corrected chi connectivity index (χ3v) is 0. The van der Waals surface area contributed by atoms with Crippen LogP contribution >= 0.6 is 0 Å². The first-order chi connectivity index (χ1) is 5.00. The summed E-state index contributed by atoms with van der Waals surface area (Å²) in [5.74, 6) is 0. The van der Waals surface area contributed by atoms with Crippen molar-refractivity contribution in [2.45, 2.75) is 34.6 Å². The molecule has 0 aromatic carbocycles. The van der Waals surface area contributed by atoms with Gasteiger partial charge in [-0.2, -0.15) is 34.6 Å². The molecule has 0 unspecified atom stereocenters. The molecule has 0 fully saturated rings. The fourth-order valence-corrected chi connectivity index (χ4v) is 0. The molecule has 0 amide bonds. The summed E-state index contributed by atoms with van der Waals surface area (Å²) in [6.45, 7) is 25.0. The first-order valence-corrected chi connectivity index (χ1v) is 3.54. The Kier molecular flexibility index (Phi) is 12200. The largest absolute Gasteiger partial charge is 5.00 e. The second-order valence-corrected chi connectivity index (χ2v) is 0. The average Bonchev–Trinajstić information content (AvgIpc) is 2.20. The Balaban J connectivity index is -0.00000000500. The summed E-state index contributed by atoms with van der Waals surface area (Å²) in [6, 6.07) is 0. The van der Waals surface area contributed by atoms with Crippen molar-refractivity contribution in [3.8, 4) is 0 Å². The molecule has 2 heteroatoms. The smallest absolute Gasteiger partial charge is 0.412 e. The van der Waals surface area contributed by atoms with Crippen molar-refractivity contribution in [1.82, 2.24) is 0 Å². The molecule has 0 saturated carbocycles. The molecule has 1 nitrogen and oxygen atoms in total. The number of hydrogen-bond acceptors (Lipinski definition) is 0. The molecule has 0 aliphatic carbocycles. The molecule has 0 heterocycles. The molecule has 0 aromatic heterocycles. The maximum Gasteiger partial charge on any atom is 5.00 e. The van der Waals surface area contributed by atoms with Crippen LogP contribution in [-0.2, 0) is 22.4 Å². The Morgan fingerprint density at radius 1 is 0.417 bits per heavy atom. The van der Waals surface area contributed by atoms with Crippen molar-refractivity contribution in [2.24, 2.45) is 0 Å². The van der Waals surface area contributed by atoms with E-state index in [1.54, 1.807) is 34.6 Å². The monoisotopic (exact) mass is 256 g/mol. The van der Waals surface area contributed by atoms with E-state index in [0.29, 0.717) is 0 Å². The van der Waals surface area contributed by atoms with Crippen LogP contribution in [0.4, 0.5) is 0 Å². The van der Waals surface area contributed by atoms with Crippen molar-refractivity contribution in [2.75, 3.05) is 0 Å². The van der Waals surface area contributed by atoms with Crippen LogP contribution in [-0.4, -0.2) is 5.48 Å². The quantitative estimate of drug-likeness (QED) is 0.470. The van der Waals surface area contributed by atoms with Gasteiger partial charge in [-0.15, -0.1) is 0 Å². The van der Waals surface area contributed by atoms with E-state index in [1.165, 1.54) is 0 Å². The van der Waals surface area contributed by atoms with Gasteiger partial charge in [0.05, 0.1) is 0 Å². The molecule has 0 saturated heterocycles. The van der Waals surface area contributed by atoms with Crippen molar-refractivity contribution >= 4 is 0 Å². The second kappa shape index (κ2) is 2730. The third kappa shape index (κ3) is 2050. The van der Waals surface area contributed by atoms with Crippen LogP contribution in [0.15, 0.2) is 0 Å². The Labute approximate surface area is 97.2 Å². The summed E-state index contributed by atoms with van der Waals surface area (Å²) in [6.07, 6.45) is 0. The molecular formula is C10H27NbO. The van der Waals surface area contributed by atoms with Crippen LogP contribution in [0, 0.1) is 34.6 Å². The fourth-order valence-electron chi connectivity index (χ4n) is 0. The van der Waals surface area contributed by atoms with E-state index in [0.717, 1.165) is 0 Å². The zero-order chi connectivity index (χ0) is 10.0. The van der Waals surface area contributed by atoms with E-state index in [4.69, 9.17) is 0 Å². The van der Waals surface area contributed by atoms with E-state index in [2.05, 4.69) is 34.6 Å². The standard InChI is InChI=1S/5C2H5.Nb.H2O/c5*1-2;;/h5*1H2,2H3;;1H2/q5*-1;+5;. The van der Waals surface area contributed by atoms with E-state index >= 15 is 0 Å². The second-order valence-electron chi connectivity index (χ2n) is 0. The Hall–Kier alpha value is 0.700. The summed E-state index contributed by atoms with van der Waals surface area (Å²) in [5, 5.41) is 0. The first kappa shape index (κ1) is 53.5. The van der Waals surface area contributed by atoms with Gasteiger partial charge >= 0.3 is 22.4 Å². The molecule has 2 N–H and O–H groups in total. The molecule has 0 aromatic rings. The van der Waals surface area contributed by atoms with Crippen LogP contribution in [0.5, 0.6) is 0 Å². The van der Waals surface area contributed by atoms with Crippen LogP contribution in [0.1, 0.15) is 34.6 Å². The van der Waals surface area contributed by atoms with E-state index < -0.39 is 0 Å². The summed E-state index contributed by atoms with van der Waals surface area (Å²) < 4.78 is 0. The zero-order valence-electron chi connectivity index (χ0n) is 9.48. The minimum atomic E-state index is 0. The molecule has 12 heavy (non-hydrogen) atoms. The molecule has 0 spiro atoms. The fraction of sp³-hybridized carbons (Fsp3) is 0.500. The summed E-state index contributed by atoms with van der Waals surface area (Å²) in [5.41, 5.74) is 0. The van der Waals surface area contributed by atoms with Crippen LogP contribution in [0.3, 0.4) is 0 Å². The van der Waals surface area contributed by atoms with Gasteiger partial charge in [0.2, 0.25) is 0 Å². The van der Waals surface area contributed by atoms with Crippen molar-refractivity contribution in [1.29, 1.82) is 0 Å². The van der Waals surface area contributed by atoms with Crippen molar-refractivity contribution in [3.63, 3.8) is 0 Å². The summed E-state index contributed by atoms with van der Waals surface area (Å²) in [4.78, 5) is 0. The van der Waals surface area contributed by atoms with Gasteiger partial charge in [-0.25, -0.2) is 0 Å². The molecule has 0 aliphatic rings. The van der Waals surface area contributed by atoms with Crippen LogP contribution in [0.25, 0.3) is 0 Å². The van der Waals surface area contributed by atoms with Gasteiger partial charge in [-0.05, 0) is 0 Å². The average molecular weight is 256 g/mol. The molecular weight excluding hydrogens is 229 g/mol. The van der Waals surface area contributed by atoms with Gasteiger partial charge in [-0.3, -0.25) is 0 Å². The number of rotatable bonds is 0. The Morgan fingerprint density at radius 2 is 0.417 bits per heavy atom. The minimum absolute atomic E-state index is 0. The third-order valence-electron chi connectivity index (χ3n) is 0. The predicted molar refractivity (Wildman–Crippen MR) is 58.8 cm³/mol. The van der Waals surface area contributed by atoms with Gasteiger partial charge < -0.3 is 40.1 Å². The first-order valence-electron chi connectivity index (χ1n) is 3.54. The SMILES string of the molecule is O.[CH2-]C.[CH2-]C.[CH2-]C.[CH2-]C.[CH2-]C.[Nb+5]. The van der Waals surface area contributed by atoms with Gasteiger partial charge in [0.25, 0.3) is 0 Å². The van der Waals surface area contributed by atoms with E-state index in [9.17, 15) is 0 Å². The van der Waals surface area contributed by atoms with Crippen molar-refractivity contribution < 1.29 is 27.9 Å². The normalized spacial score (nSPS) is 2.50. The van der Waals surface area contributed by atoms with Crippen molar-refractivity contribution in [3.05, 3.63) is 34.6 Å². The zero-order valence-corrected chi connectivity index (χ0v) is 11.7. The molecule has 0 aliphatic heterocycles. The van der Waals surface area contributed by atoms with E-state index in [1.807, 2.05) is 0 Å². The Morgan fingerprint density at radius 3 is 0.417 bits per heavy atom. The minimum Gasteiger partial charge on any atom is -0.412 e. The van der Waals surface area contributed by atoms with Gasteiger partial charge in [-0.1, -0.05) is 0 Å². The molecule has 78 valence electrons. The topological polar surface area (TPSA) is 31.5 Å². The Bertz CT molecular complexity index is 9.80. The van der Waals surface area contributed by atoms with E-state index in [-0.39, 0.29) is 27.9 Å². The summed E-state index contributed by atoms with van der Waals surface area (Å²) in [7, 11) is 0. The molecule has 0 atom stereocenters. The summed E-state index contributed by atoms with van der Waals surface area (Å²) >= 11 is 0. The predicted octanol–water partition coefficient (Wildman–Crippen LogP) is 3.37. The van der Waals surface area contributed by atoms with Gasteiger partial charge in [0, 0.05) is 0 Å². The molecule has 0 radical (unpaired) electrons. The van der Waals surface area contributed by atoms with Crippen LogP contribution < -0.4 is 0 Å². The van der Waals surface area contributed by atoms with Gasteiger partial charge in [0.1, 0.15) is 0 Å². The van der Waals surface area contributed by atoms with Gasteiger partial charge in [0.15, 0.2) is 0 Å². The molecule has 0 rings (SSSR count). The van der Waals surface area contributed by atoms with Crippen LogP contribution in [0.2, 0.25) is 0 Å². The molecule has 0 bridgehead atoms.